The zero-order valence-corrected chi connectivity index (χ0v) is 22.3. The van der Waals surface area contributed by atoms with E-state index in [-0.39, 0.29) is 47.0 Å². The topological polar surface area (TPSA) is 119 Å². The van der Waals surface area contributed by atoms with Crippen molar-refractivity contribution in [1.82, 2.24) is 24.9 Å². The summed E-state index contributed by atoms with van der Waals surface area (Å²) in [6.07, 6.45) is 6.63. The van der Waals surface area contributed by atoms with Crippen LogP contribution in [0, 0.1) is 17.6 Å². The first kappa shape index (κ1) is 26.3. The van der Waals surface area contributed by atoms with Crippen molar-refractivity contribution in [3.63, 3.8) is 0 Å². The molecule has 40 heavy (non-hydrogen) atoms. The van der Waals surface area contributed by atoms with Gasteiger partial charge in [-0.1, -0.05) is 6.92 Å². The Morgan fingerprint density at radius 2 is 1.88 bits per heavy atom. The quantitative estimate of drug-likeness (QED) is 0.330. The average Bonchev–Trinajstić information content (AvgIpc) is 3.27. The minimum Gasteiger partial charge on any atom is -0.380 e. The smallest absolute Gasteiger partial charge is 0.229 e. The van der Waals surface area contributed by atoms with Gasteiger partial charge in [-0.05, 0) is 66.1 Å². The Balaban J connectivity index is 1.29. The van der Waals surface area contributed by atoms with Crippen molar-refractivity contribution in [2.75, 3.05) is 18.5 Å². The Bertz CT molecular complexity index is 1540. The third kappa shape index (κ3) is 4.90. The second kappa shape index (κ2) is 10.5. The maximum absolute atomic E-state index is 15.1. The number of carbonyl (C=O) groups excluding carboxylic acids is 1. The molecule has 4 N–H and O–H groups in total. The van der Waals surface area contributed by atoms with Crippen molar-refractivity contribution in [3.05, 3.63) is 71.7 Å². The first-order chi connectivity index (χ1) is 19.3. The summed E-state index contributed by atoms with van der Waals surface area (Å²) in [7, 11) is 0. The number of rotatable bonds is 6. The van der Waals surface area contributed by atoms with E-state index < -0.39 is 11.6 Å². The normalized spacial score (nSPS) is 23.1. The van der Waals surface area contributed by atoms with Gasteiger partial charge in [0, 0.05) is 31.1 Å². The van der Waals surface area contributed by atoms with E-state index >= 15 is 8.78 Å². The second-order valence-corrected chi connectivity index (χ2v) is 10.9. The first-order valence-corrected chi connectivity index (χ1v) is 13.4. The highest BCUT2D eigenvalue weighted by molar-refractivity contribution is 5.73. The van der Waals surface area contributed by atoms with Gasteiger partial charge in [-0.25, -0.2) is 13.8 Å². The number of hydrogen-bond acceptors (Lipinski definition) is 7. The fourth-order valence-corrected chi connectivity index (χ4v) is 5.92. The van der Waals surface area contributed by atoms with E-state index in [1.807, 2.05) is 6.07 Å². The van der Waals surface area contributed by atoms with Crippen LogP contribution in [0.3, 0.4) is 0 Å². The van der Waals surface area contributed by atoms with Crippen LogP contribution in [0.25, 0.3) is 16.8 Å². The largest absolute Gasteiger partial charge is 0.380 e. The Labute approximate surface area is 230 Å². The number of amides is 1. The van der Waals surface area contributed by atoms with Crippen molar-refractivity contribution < 1.29 is 18.3 Å². The van der Waals surface area contributed by atoms with Gasteiger partial charge < -0.3 is 21.1 Å². The number of carbonyl (C=O) groups is 1. The predicted molar refractivity (Wildman–Crippen MR) is 146 cm³/mol. The summed E-state index contributed by atoms with van der Waals surface area (Å²) >= 11 is 0. The van der Waals surface area contributed by atoms with E-state index in [4.69, 9.17) is 10.5 Å². The molecular weight excluding hydrogens is 516 g/mol. The summed E-state index contributed by atoms with van der Waals surface area (Å²) in [5, 5.41) is 10.9. The molecule has 0 bridgehead atoms. The van der Waals surface area contributed by atoms with Crippen LogP contribution in [0.4, 0.5) is 20.4 Å². The number of pyridine rings is 1. The highest BCUT2D eigenvalue weighted by atomic mass is 19.1. The summed E-state index contributed by atoms with van der Waals surface area (Å²) in [6, 6.07) is 7.71. The number of aromatic nitrogens is 4. The van der Waals surface area contributed by atoms with Crippen molar-refractivity contribution in [1.29, 1.82) is 0 Å². The van der Waals surface area contributed by atoms with E-state index in [1.54, 1.807) is 30.7 Å². The van der Waals surface area contributed by atoms with Crippen molar-refractivity contribution in [2.45, 2.75) is 50.6 Å². The van der Waals surface area contributed by atoms with E-state index in [9.17, 15) is 4.79 Å². The fraction of sp³-hybridized carbons (Fsp3) is 0.379. The molecule has 1 aliphatic heterocycles. The van der Waals surface area contributed by atoms with Crippen LogP contribution in [0.5, 0.6) is 0 Å². The summed E-state index contributed by atoms with van der Waals surface area (Å²) in [5.41, 5.74) is 9.48. The molecule has 1 aliphatic carbocycles. The van der Waals surface area contributed by atoms with Gasteiger partial charge in [-0.15, -0.1) is 0 Å². The number of fused-ring (bicyclic) bond motifs is 1. The van der Waals surface area contributed by atoms with Crippen LogP contribution < -0.4 is 16.4 Å². The Hall–Kier alpha value is -3.96. The number of halogens is 2. The molecular formula is C29H31F2N7O2. The first-order valence-electron chi connectivity index (χ1n) is 13.4. The molecule has 0 radical (unpaired) electrons. The van der Waals surface area contributed by atoms with Gasteiger partial charge in [-0.2, -0.15) is 9.61 Å². The molecule has 208 valence electrons. The van der Waals surface area contributed by atoms with Gasteiger partial charge in [0.2, 0.25) is 11.9 Å². The molecule has 6 rings (SSSR count). The molecule has 0 spiro atoms. The zero-order chi connectivity index (χ0) is 28.0. The van der Waals surface area contributed by atoms with Crippen molar-refractivity contribution in [2.24, 2.45) is 11.7 Å². The van der Waals surface area contributed by atoms with Gasteiger partial charge in [0.05, 0.1) is 48.1 Å². The highest BCUT2D eigenvalue weighted by Crippen LogP contribution is 2.39. The predicted octanol–water partition coefficient (Wildman–Crippen LogP) is 4.27. The van der Waals surface area contributed by atoms with Crippen LogP contribution >= 0.6 is 0 Å². The standard InChI is InChI=1S/C29H31F2N7O2/c1-15-7-18(10-24(32)28(15)35-16(2)39)21-5-6-33-12-26(21)36-29-34-11-20-3-4-25(37-38(20)29)27-22(30)8-17(9-23(27)31)19-13-40-14-19/h3-6,8-9,11-12,15,18-19,24,28H,7,10,13-14,32H2,1-2H3,(H,34,36)(H,35,39). The number of hydrogen-bond donors (Lipinski definition) is 3. The summed E-state index contributed by atoms with van der Waals surface area (Å²) in [6.45, 7) is 4.53. The number of nitrogens with zero attached hydrogens (tertiary/aromatic N) is 4. The van der Waals surface area contributed by atoms with Crippen LogP contribution in [0.15, 0.2) is 48.9 Å². The lowest BCUT2D eigenvalue weighted by molar-refractivity contribution is -0.120. The maximum Gasteiger partial charge on any atom is 0.229 e. The highest BCUT2D eigenvalue weighted by Gasteiger charge is 2.35. The Kier molecular flexibility index (Phi) is 6.93. The molecule has 1 saturated carbocycles. The van der Waals surface area contributed by atoms with Gasteiger partial charge in [0.25, 0.3) is 0 Å². The molecule has 3 aromatic heterocycles. The second-order valence-electron chi connectivity index (χ2n) is 10.9. The van der Waals surface area contributed by atoms with E-state index in [0.717, 1.165) is 17.7 Å². The lowest BCUT2D eigenvalue weighted by Gasteiger charge is -2.39. The monoisotopic (exact) mass is 547 g/mol. The zero-order valence-electron chi connectivity index (χ0n) is 22.3. The number of benzene rings is 1. The molecule has 1 aromatic carbocycles. The average molecular weight is 548 g/mol. The van der Waals surface area contributed by atoms with Crippen molar-refractivity contribution >= 4 is 23.1 Å². The summed E-state index contributed by atoms with van der Waals surface area (Å²) in [4.78, 5) is 20.4. The lowest BCUT2D eigenvalue weighted by atomic mass is 9.73. The third-order valence-corrected chi connectivity index (χ3v) is 8.01. The molecule has 1 saturated heterocycles. The number of ether oxygens (including phenoxy) is 1. The Morgan fingerprint density at radius 3 is 2.55 bits per heavy atom. The Morgan fingerprint density at radius 1 is 1.10 bits per heavy atom. The third-order valence-electron chi connectivity index (χ3n) is 8.01. The maximum atomic E-state index is 15.1. The van der Waals surface area contributed by atoms with Crippen LogP contribution in [-0.4, -0.2) is 50.8 Å². The molecule has 2 aliphatic rings. The van der Waals surface area contributed by atoms with Gasteiger partial charge in [0.15, 0.2) is 0 Å². The molecule has 11 heteroatoms. The van der Waals surface area contributed by atoms with E-state index in [2.05, 4.69) is 32.6 Å². The molecule has 4 atom stereocenters. The van der Waals surface area contributed by atoms with Crippen molar-refractivity contribution in [3.8, 4) is 11.3 Å². The van der Waals surface area contributed by atoms with Gasteiger partial charge in [0.1, 0.15) is 11.6 Å². The number of anilines is 2. The summed E-state index contributed by atoms with van der Waals surface area (Å²) in [5.74, 6) is -0.708. The van der Waals surface area contributed by atoms with Crippen LogP contribution in [0.2, 0.25) is 0 Å². The summed E-state index contributed by atoms with van der Waals surface area (Å²) < 4.78 is 36.9. The number of imidazole rings is 1. The van der Waals surface area contributed by atoms with Gasteiger partial charge >= 0.3 is 0 Å². The van der Waals surface area contributed by atoms with Crippen LogP contribution in [-0.2, 0) is 9.53 Å². The molecule has 4 unspecified atom stereocenters. The van der Waals surface area contributed by atoms with E-state index in [0.29, 0.717) is 36.7 Å². The van der Waals surface area contributed by atoms with Crippen LogP contribution in [0.1, 0.15) is 49.7 Å². The SMILES string of the molecule is CC(=O)NC1C(C)CC(c2ccncc2Nc2ncc3ccc(-c4c(F)cc(C5COC5)cc4F)nn23)CC1N. The molecule has 4 heterocycles. The molecule has 4 aromatic rings. The molecule has 2 fully saturated rings. The number of nitrogens with one attached hydrogen (secondary N) is 2. The lowest BCUT2D eigenvalue weighted by Crippen LogP contribution is -2.54. The minimum absolute atomic E-state index is 0.00426. The minimum atomic E-state index is -0.668. The van der Waals surface area contributed by atoms with Gasteiger partial charge in [-0.3, -0.25) is 9.78 Å². The van der Waals surface area contributed by atoms with E-state index in [1.165, 1.54) is 23.6 Å². The fourth-order valence-electron chi connectivity index (χ4n) is 5.92. The number of nitrogens with two attached hydrogens (primary N) is 1. The molecule has 1 amide bonds. The molecule has 9 nitrogen and oxygen atoms in total.